The van der Waals surface area contributed by atoms with Gasteiger partial charge in [-0.2, -0.15) is 0 Å². The SMILES string of the molecule is CCCCC[C@@H](/C=C/[C@@H]1[C@@H](C/C=C\CCCC(=O)OC)[C@@H](OC(=O)c2ccccc2)C[C@H]1OC(=O)c1ccccc1)OC(=O)c1ccccc1. The van der Waals surface area contributed by atoms with Gasteiger partial charge in [0, 0.05) is 24.7 Å². The summed E-state index contributed by atoms with van der Waals surface area (Å²) in [5.41, 5.74) is 1.33. The van der Waals surface area contributed by atoms with E-state index < -0.39 is 36.2 Å². The molecule has 1 saturated carbocycles. The number of unbranched alkanes of at least 4 members (excludes halogenated alkanes) is 3. The monoisotopic (exact) mass is 680 g/mol. The Morgan fingerprint density at radius 1 is 0.720 bits per heavy atom. The van der Waals surface area contributed by atoms with Gasteiger partial charge in [-0.15, -0.1) is 0 Å². The number of esters is 4. The molecule has 0 amide bonds. The van der Waals surface area contributed by atoms with E-state index in [4.69, 9.17) is 18.9 Å². The van der Waals surface area contributed by atoms with Crippen molar-refractivity contribution in [2.75, 3.05) is 7.11 Å². The smallest absolute Gasteiger partial charge is 0.338 e. The molecule has 8 heteroatoms. The Kier molecular flexibility index (Phi) is 15.5. The molecule has 8 nitrogen and oxygen atoms in total. The molecule has 3 aromatic rings. The van der Waals surface area contributed by atoms with Crippen molar-refractivity contribution in [3.8, 4) is 0 Å². The number of methoxy groups -OCH3 is 1. The first-order valence-corrected chi connectivity index (χ1v) is 17.6. The van der Waals surface area contributed by atoms with E-state index >= 15 is 0 Å². The van der Waals surface area contributed by atoms with Crippen molar-refractivity contribution in [3.63, 3.8) is 0 Å². The lowest BCUT2D eigenvalue weighted by Gasteiger charge is -2.24. The van der Waals surface area contributed by atoms with Crippen LogP contribution < -0.4 is 0 Å². The second kappa shape index (κ2) is 20.5. The fourth-order valence-corrected chi connectivity index (χ4v) is 6.14. The lowest BCUT2D eigenvalue weighted by Crippen LogP contribution is -2.26. The summed E-state index contributed by atoms with van der Waals surface area (Å²) in [6, 6.07) is 26.5. The van der Waals surface area contributed by atoms with E-state index in [-0.39, 0.29) is 17.8 Å². The zero-order valence-corrected chi connectivity index (χ0v) is 29.0. The molecule has 0 unspecified atom stereocenters. The van der Waals surface area contributed by atoms with Crippen LogP contribution in [0.3, 0.4) is 0 Å². The van der Waals surface area contributed by atoms with Crippen LogP contribution in [0.1, 0.15) is 95.8 Å². The van der Waals surface area contributed by atoms with Gasteiger partial charge in [-0.1, -0.05) is 92.6 Å². The highest BCUT2D eigenvalue weighted by molar-refractivity contribution is 5.90. The first-order valence-electron chi connectivity index (χ1n) is 17.6. The van der Waals surface area contributed by atoms with E-state index in [1.807, 2.05) is 42.5 Å². The number of allylic oxidation sites excluding steroid dienone is 2. The van der Waals surface area contributed by atoms with Crippen molar-refractivity contribution in [1.82, 2.24) is 0 Å². The Morgan fingerprint density at radius 2 is 1.28 bits per heavy atom. The molecular weight excluding hydrogens is 632 g/mol. The molecule has 1 aliphatic carbocycles. The summed E-state index contributed by atoms with van der Waals surface area (Å²) in [7, 11) is 1.38. The van der Waals surface area contributed by atoms with Crippen LogP contribution >= 0.6 is 0 Å². The van der Waals surface area contributed by atoms with Crippen LogP contribution in [0.15, 0.2) is 115 Å². The molecule has 0 aromatic heterocycles. The third-order valence-electron chi connectivity index (χ3n) is 8.86. The molecule has 0 saturated heterocycles. The minimum Gasteiger partial charge on any atom is -0.469 e. The summed E-state index contributed by atoms with van der Waals surface area (Å²) >= 11 is 0. The van der Waals surface area contributed by atoms with Gasteiger partial charge in [0.05, 0.1) is 23.8 Å². The van der Waals surface area contributed by atoms with Crippen LogP contribution in [-0.4, -0.2) is 49.3 Å². The molecule has 0 spiro atoms. The summed E-state index contributed by atoms with van der Waals surface area (Å²) < 4.78 is 23.0. The maximum Gasteiger partial charge on any atom is 0.338 e. The minimum atomic E-state index is -0.605. The largest absolute Gasteiger partial charge is 0.469 e. The molecule has 0 N–H and O–H groups in total. The van der Waals surface area contributed by atoms with E-state index in [1.165, 1.54) is 7.11 Å². The number of carbonyl (C=O) groups excluding carboxylic acids is 4. The van der Waals surface area contributed by atoms with Crippen molar-refractivity contribution in [3.05, 3.63) is 132 Å². The molecule has 3 aromatic carbocycles. The molecule has 0 radical (unpaired) electrons. The summed E-state index contributed by atoms with van der Waals surface area (Å²) in [4.78, 5) is 51.3. The van der Waals surface area contributed by atoms with E-state index in [0.29, 0.717) is 55.2 Å². The lowest BCUT2D eigenvalue weighted by molar-refractivity contribution is -0.140. The van der Waals surface area contributed by atoms with Crippen LogP contribution in [0.2, 0.25) is 0 Å². The predicted molar refractivity (Wildman–Crippen MR) is 191 cm³/mol. The highest BCUT2D eigenvalue weighted by Crippen LogP contribution is 2.41. The summed E-state index contributed by atoms with van der Waals surface area (Å²) in [6.45, 7) is 2.12. The molecule has 0 aliphatic heterocycles. The number of carbonyl (C=O) groups is 4. The van der Waals surface area contributed by atoms with Gasteiger partial charge in [0.15, 0.2) is 0 Å². The maximum absolute atomic E-state index is 13.4. The zero-order valence-electron chi connectivity index (χ0n) is 29.0. The zero-order chi connectivity index (χ0) is 35.6. The van der Waals surface area contributed by atoms with E-state index in [2.05, 4.69) is 6.92 Å². The number of hydrogen-bond donors (Lipinski definition) is 0. The second-order valence-corrected chi connectivity index (χ2v) is 12.5. The van der Waals surface area contributed by atoms with Crippen LogP contribution in [0.5, 0.6) is 0 Å². The first kappa shape index (κ1) is 37.8. The summed E-state index contributed by atoms with van der Waals surface area (Å²) in [5.74, 6) is -2.16. The fraction of sp³-hybridized carbons (Fsp3) is 0.381. The average Bonchev–Trinajstić information content (AvgIpc) is 3.47. The van der Waals surface area contributed by atoms with Crippen molar-refractivity contribution < 1.29 is 38.1 Å². The van der Waals surface area contributed by atoms with Crippen molar-refractivity contribution in [1.29, 1.82) is 0 Å². The van der Waals surface area contributed by atoms with Crippen molar-refractivity contribution >= 4 is 23.9 Å². The molecule has 264 valence electrons. The third kappa shape index (κ3) is 11.9. The Bertz CT molecular complexity index is 1550. The second-order valence-electron chi connectivity index (χ2n) is 12.5. The molecule has 5 atom stereocenters. The molecule has 1 fully saturated rings. The maximum atomic E-state index is 13.4. The van der Waals surface area contributed by atoms with Gasteiger partial charge in [0.25, 0.3) is 0 Å². The Labute approximate surface area is 295 Å². The van der Waals surface area contributed by atoms with Crippen molar-refractivity contribution in [2.24, 2.45) is 11.8 Å². The normalized spacial score (nSPS) is 19.2. The lowest BCUT2D eigenvalue weighted by atomic mass is 9.89. The quantitative estimate of drug-likeness (QED) is 0.0569. The molecular formula is C42H48O8. The van der Waals surface area contributed by atoms with Crippen LogP contribution in [0.4, 0.5) is 0 Å². The molecule has 0 bridgehead atoms. The topological polar surface area (TPSA) is 105 Å². The number of benzene rings is 3. The third-order valence-corrected chi connectivity index (χ3v) is 8.86. The Morgan fingerprint density at radius 3 is 1.84 bits per heavy atom. The van der Waals surface area contributed by atoms with Gasteiger partial charge in [-0.25, -0.2) is 14.4 Å². The van der Waals surface area contributed by atoms with Gasteiger partial charge in [0.1, 0.15) is 18.3 Å². The standard InChI is InChI=1S/C42H48O8/c1-3-4-10-25-34(48-40(44)31-19-11-7-12-20-31)28-29-36-35(26-17-5-6-18-27-39(43)47-2)37(49-41(45)32-21-13-8-14-22-32)30-38(36)50-42(46)33-23-15-9-16-24-33/h5,7-9,11-17,19-24,28-29,34-38H,3-4,6,10,18,25-27,30H2,1-2H3/b17-5-,29-28+/t34-,35+,36+,37-,38+/m0/s1. The summed E-state index contributed by atoms with van der Waals surface area (Å²) in [6.07, 6.45) is 12.3. The predicted octanol–water partition coefficient (Wildman–Crippen LogP) is 8.73. The van der Waals surface area contributed by atoms with Crippen LogP contribution in [0, 0.1) is 11.8 Å². The first-order chi connectivity index (χ1) is 24.4. The van der Waals surface area contributed by atoms with Gasteiger partial charge < -0.3 is 18.9 Å². The Balaban J connectivity index is 1.62. The molecule has 1 aliphatic rings. The minimum absolute atomic E-state index is 0.245. The molecule has 50 heavy (non-hydrogen) atoms. The van der Waals surface area contributed by atoms with Gasteiger partial charge in [-0.05, 0) is 74.6 Å². The number of ether oxygens (including phenoxy) is 4. The van der Waals surface area contributed by atoms with Crippen LogP contribution in [-0.2, 0) is 23.7 Å². The van der Waals surface area contributed by atoms with Gasteiger partial charge in [0.2, 0.25) is 0 Å². The highest BCUT2D eigenvalue weighted by Gasteiger charge is 2.46. The molecule has 0 heterocycles. The van der Waals surface area contributed by atoms with Gasteiger partial charge >= 0.3 is 23.9 Å². The Hall–Kier alpha value is -4.98. The highest BCUT2D eigenvalue weighted by atomic mass is 16.6. The average molecular weight is 681 g/mol. The fourth-order valence-electron chi connectivity index (χ4n) is 6.14. The van der Waals surface area contributed by atoms with Crippen molar-refractivity contribution in [2.45, 2.75) is 83.0 Å². The number of hydrogen-bond acceptors (Lipinski definition) is 8. The van der Waals surface area contributed by atoms with Crippen LogP contribution in [0.25, 0.3) is 0 Å². The van der Waals surface area contributed by atoms with Gasteiger partial charge in [-0.3, -0.25) is 4.79 Å². The molecule has 4 rings (SSSR count). The van der Waals surface area contributed by atoms with E-state index in [1.54, 1.807) is 72.8 Å². The summed E-state index contributed by atoms with van der Waals surface area (Å²) in [5, 5.41) is 0. The van der Waals surface area contributed by atoms with E-state index in [9.17, 15) is 19.2 Å². The number of rotatable bonds is 18. The van der Waals surface area contributed by atoms with E-state index in [0.717, 1.165) is 19.3 Å².